The van der Waals surface area contributed by atoms with Gasteiger partial charge in [-0.2, -0.15) is 5.10 Å². The number of pyridine rings is 1. The molecule has 0 radical (unpaired) electrons. The maximum atomic E-state index is 12.9. The molecule has 3 aliphatic carbocycles. The molecule has 174 valence electrons. The van der Waals surface area contributed by atoms with E-state index in [2.05, 4.69) is 14.6 Å². The Labute approximate surface area is 193 Å². The van der Waals surface area contributed by atoms with Gasteiger partial charge in [0.25, 0.3) is 0 Å². The molecule has 0 atom stereocenters. The highest BCUT2D eigenvalue weighted by molar-refractivity contribution is 5.77. The molecule has 4 heterocycles. The van der Waals surface area contributed by atoms with E-state index in [1.54, 1.807) is 13.3 Å². The predicted molar refractivity (Wildman–Crippen MR) is 118 cm³/mol. The van der Waals surface area contributed by atoms with Crippen molar-refractivity contribution < 1.29 is 14.3 Å². The second-order valence-electron chi connectivity index (χ2n) is 11.1. The van der Waals surface area contributed by atoms with Gasteiger partial charge >= 0.3 is 6.03 Å². The van der Waals surface area contributed by atoms with Gasteiger partial charge in [-0.05, 0) is 44.6 Å². The number of methoxy groups -OCH3 is 1. The van der Waals surface area contributed by atoms with E-state index < -0.39 is 0 Å². The third-order valence-corrected chi connectivity index (χ3v) is 8.37. The predicted octanol–water partition coefficient (Wildman–Crippen LogP) is 2.86. The Bertz CT molecular complexity index is 1050. The number of nitrogens with zero attached hydrogens (tertiary/aromatic N) is 6. The van der Waals surface area contributed by atoms with Crippen molar-refractivity contribution in [1.82, 2.24) is 29.5 Å². The molecule has 9 nitrogen and oxygen atoms in total. The average Bonchev–Trinajstić information content (AvgIpc) is 3.45. The number of ether oxygens (including phenoxy) is 2. The van der Waals surface area contributed by atoms with Gasteiger partial charge in [-0.25, -0.2) is 19.4 Å². The van der Waals surface area contributed by atoms with Gasteiger partial charge in [0.15, 0.2) is 5.82 Å². The molecule has 0 aromatic carbocycles. The first kappa shape index (κ1) is 19.6. The molecule has 2 saturated heterocycles. The molecule has 7 rings (SSSR count). The average molecular weight is 451 g/mol. The molecule has 2 spiro atoms. The van der Waals surface area contributed by atoms with E-state index in [1.165, 1.54) is 12.8 Å². The number of hydrogen-bond donors (Lipinski definition) is 0. The number of urea groups is 1. The minimum atomic E-state index is 0.217. The molecule has 0 bridgehead atoms. The third kappa shape index (κ3) is 3.27. The van der Waals surface area contributed by atoms with Crippen LogP contribution < -0.4 is 9.47 Å². The molecule has 2 aromatic rings. The minimum Gasteiger partial charge on any atom is -0.489 e. The molecule has 9 heteroatoms. The van der Waals surface area contributed by atoms with Crippen LogP contribution in [0.15, 0.2) is 24.7 Å². The van der Waals surface area contributed by atoms with Gasteiger partial charge < -0.3 is 19.3 Å². The van der Waals surface area contributed by atoms with E-state index in [4.69, 9.17) is 14.6 Å². The van der Waals surface area contributed by atoms with Crippen molar-refractivity contribution >= 4 is 6.03 Å². The highest BCUT2D eigenvalue weighted by Crippen LogP contribution is 2.55. The van der Waals surface area contributed by atoms with Crippen LogP contribution in [0.1, 0.15) is 56.3 Å². The summed E-state index contributed by atoms with van der Waals surface area (Å²) in [5.41, 5.74) is 0.576. The van der Waals surface area contributed by atoms with Crippen LogP contribution in [0.4, 0.5) is 4.79 Å². The van der Waals surface area contributed by atoms with Crippen molar-refractivity contribution in [3.05, 3.63) is 30.5 Å². The molecular weight excluding hydrogens is 420 g/mol. The Hall–Kier alpha value is -2.84. The molecule has 0 N–H and O–H groups in total. The Morgan fingerprint density at radius 1 is 1.00 bits per heavy atom. The maximum absolute atomic E-state index is 12.9. The fourth-order valence-corrected chi connectivity index (χ4v) is 6.37. The van der Waals surface area contributed by atoms with Crippen molar-refractivity contribution in [2.75, 3.05) is 33.3 Å². The van der Waals surface area contributed by atoms with E-state index in [9.17, 15) is 4.79 Å². The van der Waals surface area contributed by atoms with E-state index >= 15 is 0 Å². The summed E-state index contributed by atoms with van der Waals surface area (Å²) in [6.07, 6.45) is 10.6. The van der Waals surface area contributed by atoms with Gasteiger partial charge in [-0.3, -0.25) is 0 Å². The zero-order chi connectivity index (χ0) is 22.2. The van der Waals surface area contributed by atoms with Crippen LogP contribution in [0.5, 0.6) is 11.6 Å². The van der Waals surface area contributed by atoms with Crippen LogP contribution in [-0.2, 0) is 0 Å². The van der Waals surface area contributed by atoms with E-state index in [1.807, 2.05) is 28.3 Å². The van der Waals surface area contributed by atoms with Gasteiger partial charge in [0, 0.05) is 49.0 Å². The summed E-state index contributed by atoms with van der Waals surface area (Å²) in [5, 5.41) is 4.69. The molecule has 2 amide bonds. The molecule has 3 saturated carbocycles. The van der Waals surface area contributed by atoms with Gasteiger partial charge in [0.1, 0.15) is 18.2 Å². The summed E-state index contributed by atoms with van der Waals surface area (Å²) in [6.45, 7) is 3.52. The fourth-order valence-electron chi connectivity index (χ4n) is 6.37. The topological polar surface area (TPSA) is 85.6 Å². The second-order valence-corrected chi connectivity index (χ2v) is 11.1. The summed E-state index contributed by atoms with van der Waals surface area (Å²) in [4.78, 5) is 25.6. The lowest BCUT2D eigenvalue weighted by molar-refractivity contribution is -0.121. The number of rotatable bonds is 5. The Morgan fingerprint density at radius 3 is 2.30 bits per heavy atom. The molecular formula is C24H30N6O3. The first-order valence-electron chi connectivity index (χ1n) is 12.1. The summed E-state index contributed by atoms with van der Waals surface area (Å²) in [7, 11) is 1.61. The standard InChI is InChI=1S/C24H30N6O3/c1-32-20-5-4-18(10-25-20)33-19-8-24(9-19)13-29(14-24)22(31)28-11-23(12-28)6-17(7-23)30-15-26-21(27-30)16-2-3-16/h4-5,10,15-17,19H,2-3,6-9,11-14H2,1H3. The van der Waals surface area contributed by atoms with Gasteiger partial charge in [0.2, 0.25) is 5.88 Å². The van der Waals surface area contributed by atoms with Crippen molar-refractivity contribution in [3.8, 4) is 11.6 Å². The molecule has 2 aliphatic heterocycles. The zero-order valence-corrected chi connectivity index (χ0v) is 19.0. The summed E-state index contributed by atoms with van der Waals surface area (Å²) < 4.78 is 13.2. The van der Waals surface area contributed by atoms with Crippen molar-refractivity contribution in [2.24, 2.45) is 10.8 Å². The monoisotopic (exact) mass is 450 g/mol. The zero-order valence-electron chi connectivity index (χ0n) is 19.0. The summed E-state index contributed by atoms with van der Waals surface area (Å²) >= 11 is 0. The Kier molecular flexibility index (Phi) is 4.06. The van der Waals surface area contributed by atoms with Crippen LogP contribution in [-0.4, -0.2) is 75.0 Å². The molecule has 0 unspecified atom stereocenters. The first-order valence-corrected chi connectivity index (χ1v) is 12.1. The molecule has 33 heavy (non-hydrogen) atoms. The maximum Gasteiger partial charge on any atom is 0.320 e. The van der Waals surface area contributed by atoms with Crippen molar-refractivity contribution in [3.63, 3.8) is 0 Å². The fraction of sp³-hybridized carbons (Fsp3) is 0.667. The quantitative estimate of drug-likeness (QED) is 0.696. The lowest BCUT2D eigenvalue weighted by Gasteiger charge is -2.63. The summed E-state index contributed by atoms with van der Waals surface area (Å²) in [5.74, 6) is 3.00. The van der Waals surface area contributed by atoms with Crippen molar-refractivity contribution in [1.29, 1.82) is 0 Å². The largest absolute Gasteiger partial charge is 0.489 e. The lowest BCUT2D eigenvalue weighted by atomic mass is 9.60. The SMILES string of the molecule is COc1ccc(OC2CC3(C2)CN(C(=O)N2CC4(CC(n5cnc(C6CC6)n5)C4)C2)C3)cn1. The smallest absolute Gasteiger partial charge is 0.320 e. The number of carbonyl (C=O) groups excluding carboxylic acids is 1. The molecule has 2 aromatic heterocycles. The lowest BCUT2D eigenvalue weighted by Crippen LogP contribution is -2.71. The number of carbonyl (C=O) groups is 1. The molecule has 5 aliphatic rings. The number of amides is 2. The van der Waals surface area contributed by atoms with Gasteiger partial charge in [0.05, 0.1) is 19.3 Å². The Morgan fingerprint density at radius 2 is 1.70 bits per heavy atom. The van der Waals surface area contributed by atoms with Crippen LogP contribution in [0, 0.1) is 10.8 Å². The highest BCUT2D eigenvalue weighted by Gasteiger charge is 2.59. The van der Waals surface area contributed by atoms with Crippen LogP contribution in [0.25, 0.3) is 0 Å². The van der Waals surface area contributed by atoms with Crippen LogP contribution >= 0.6 is 0 Å². The number of aromatic nitrogens is 4. The molecule has 5 fully saturated rings. The normalized spacial score (nSPS) is 25.2. The summed E-state index contributed by atoms with van der Waals surface area (Å²) in [6, 6.07) is 4.39. The van der Waals surface area contributed by atoms with Gasteiger partial charge in [-0.1, -0.05) is 0 Å². The highest BCUT2D eigenvalue weighted by atomic mass is 16.5. The number of hydrogen-bond acceptors (Lipinski definition) is 6. The van der Waals surface area contributed by atoms with Crippen LogP contribution in [0.3, 0.4) is 0 Å². The van der Waals surface area contributed by atoms with E-state index in [-0.39, 0.29) is 17.6 Å². The van der Waals surface area contributed by atoms with Gasteiger partial charge in [-0.15, -0.1) is 0 Å². The van der Waals surface area contributed by atoms with Crippen molar-refractivity contribution in [2.45, 2.75) is 56.6 Å². The van der Waals surface area contributed by atoms with E-state index in [0.717, 1.165) is 63.4 Å². The second kappa shape index (κ2) is 6.84. The Balaban J connectivity index is 0.845. The number of likely N-dealkylation sites (tertiary alicyclic amines) is 2. The first-order chi connectivity index (χ1) is 16.0. The third-order valence-electron chi connectivity index (χ3n) is 8.37. The van der Waals surface area contributed by atoms with Crippen LogP contribution in [0.2, 0.25) is 0 Å². The van der Waals surface area contributed by atoms with E-state index in [0.29, 0.717) is 23.3 Å². The minimum absolute atomic E-state index is 0.217.